The minimum atomic E-state index is -4.47. The molecule has 6 aliphatic rings. The number of aromatic nitrogens is 4. The second-order valence-electron chi connectivity index (χ2n) is 20.3. The third kappa shape index (κ3) is 15.8. The van der Waals surface area contributed by atoms with Crippen molar-refractivity contribution < 1.29 is 59.6 Å². The van der Waals surface area contributed by atoms with Gasteiger partial charge in [0, 0.05) is 67.9 Å². The van der Waals surface area contributed by atoms with Gasteiger partial charge in [0.1, 0.15) is 48.6 Å². The highest BCUT2D eigenvalue weighted by molar-refractivity contribution is 7.59. The molecule has 17 nitrogen and oxygen atoms in total. The van der Waals surface area contributed by atoms with Crippen LogP contribution in [0.4, 0.5) is 65.8 Å². The highest BCUT2D eigenvalue weighted by atomic mass is 32.1. The van der Waals surface area contributed by atoms with Gasteiger partial charge >= 0.3 is 18.4 Å². The molecule has 4 atom stereocenters. The maximum absolute atomic E-state index is 13.6. The zero-order valence-electron chi connectivity index (χ0n) is 45.1. The van der Waals surface area contributed by atoms with E-state index in [4.69, 9.17) is 34.2 Å². The molecule has 82 heavy (non-hydrogen) atoms. The fourth-order valence-corrected chi connectivity index (χ4v) is 9.93. The van der Waals surface area contributed by atoms with E-state index in [0.717, 1.165) is 73.9 Å². The number of nitrogens with two attached hydrogens (primary N) is 1. The van der Waals surface area contributed by atoms with Crippen LogP contribution in [0.1, 0.15) is 51.7 Å². The van der Waals surface area contributed by atoms with Gasteiger partial charge in [-0.1, -0.05) is 24.3 Å². The third-order valence-electron chi connectivity index (χ3n) is 13.6. The number of urea groups is 1. The lowest BCUT2D eigenvalue weighted by molar-refractivity contribution is -0.141. The van der Waals surface area contributed by atoms with Gasteiger partial charge in [-0.05, 0) is 101 Å². The molecular weight excluding hydrogens is 1150 g/mol. The highest BCUT2D eigenvalue weighted by Crippen LogP contribution is 2.42. The van der Waals surface area contributed by atoms with Gasteiger partial charge in [0.2, 0.25) is 0 Å². The lowest BCUT2D eigenvalue weighted by Crippen LogP contribution is -2.48. The molecule has 27 heteroatoms. The van der Waals surface area contributed by atoms with Crippen molar-refractivity contribution in [1.82, 2.24) is 19.9 Å². The number of nitrogen functional groups attached to an aromatic ring is 1. The van der Waals surface area contributed by atoms with Crippen molar-refractivity contribution in [2.75, 3.05) is 83.7 Å². The van der Waals surface area contributed by atoms with E-state index in [9.17, 15) is 31.1 Å². The fourth-order valence-electron chi connectivity index (χ4n) is 9.93. The number of carbonyl (C=O) groups is 1. The molecule has 2 amide bonds. The van der Waals surface area contributed by atoms with Crippen molar-refractivity contribution in [3.05, 3.63) is 121 Å². The smallest absolute Gasteiger partial charge is 0.416 e. The van der Waals surface area contributed by atoms with E-state index in [1.165, 1.54) is 18.3 Å². The number of benzene rings is 2. The molecule has 6 aromatic rings. The van der Waals surface area contributed by atoms with Crippen LogP contribution in [0.2, 0.25) is 0 Å². The Hall–Kier alpha value is -6.07. The largest absolute Gasteiger partial charge is 0.491 e. The maximum Gasteiger partial charge on any atom is 0.416 e. The quantitative estimate of drug-likeness (QED) is 0.116. The van der Waals surface area contributed by atoms with Gasteiger partial charge < -0.3 is 49.3 Å². The Morgan fingerprint density at radius 1 is 0.683 bits per heavy atom. The second-order valence-corrected chi connectivity index (χ2v) is 20.3. The molecule has 0 unspecified atom stereocenters. The molecule has 4 bridgehead atoms. The number of nitrogens with zero attached hydrogens (tertiary/aromatic N) is 7. The summed E-state index contributed by atoms with van der Waals surface area (Å²) in [6.07, 6.45) is -4.12. The van der Waals surface area contributed by atoms with Crippen LogP contribution in [0.5, 0.6) is 11.5 Å². The van der Waals surface area contributed by atoms with Crippen molar-refractivity contribution in [3.8, 4) is 34.0 Å². The van der Waals surface area contributed by atoms with E-state index < -0.39 is 41.1 Å². The Bertz CT molecular complexity index is 3150. The van der Waals surface area contributed by atoms with Crippen LogP contribution in [0.25, 0.3) is 22.5 Å². The monoisotopic (exact) mass is 1220 g/mol. The number of alkyl halides is 6. The predicted molar refractivity (Wildman–Crippen MR) is 321 cm³/mol. The Labute approximate surface area is 498 Å². The van der Waals surface area contributed by atoms with Crippen molar-refractivity contribution in [2.24, 2.45) is 0 Å². The number of ether oxygens (including phenoxy) is 6. The standard InChI is InChI=1S/C28H28F3N5O4.C16H14F3N3.C11H16N2O3.4H2S/c1-27(2)39-16-21(40-27)15-38-20-8-10-32-24(13-20)34-26(37)36-19-9-11-35(14-19)23-7-6-22(33-25(23)36)17-4-3-5-18(12-17)28(29,30)31;17-16(18,19)11-3-1-2-10(8-11)13-4-5-14-15(21-13)20-12-6-7-22(14)9-12;1-11(2)15-7-9(16-11)6-14-8-3-4-13-10(12)5-8;;;;/h3-8,10,12-13,19,21H,9,11,14-16H2,1-2H3,(H,32,34,37);1-5,8,12H,6-7,9H2,(H,20,21);3-5,9H,6-7H2,1-2H3,(H2,12,13);4*1H2/t19-,21-;12-;9-;;;;/m000..../s1. The minimum absolute atomic E-state index is 0. The molecule has 10 heterocycles. The Balaban J connectivity index is 0.000000217. The average molecular weight is 1220 g/mol. The van der Waals surface area contributed by atoms with Gasteiger partial charge in [0.15, 0.2) is 23.2 Å². The number of amides is 2. The summed E-state index contributed by atoms with van der Waals surface area (Å²) in [4.78, 5) is 36.9. The zero-order valence-corrected chi connectivity index (χ0v) is 49.1. The van der Waals surface area contributed by atoms with E-state index in [1.807, 2.05) is 39.8 Å². The SMILES string of the molecule is CC1(C)OC[C@H](COc2ccnc(N)c2)O1.CC1(C)OC[C@H](COc2ccnc(NC(=O)N3c4nc(-c5cccc(C(F)(F)F)c5)ccc4N4CC[C@H]3C4)c2)O1.FC(F)(F)c1cccc(-c2ccc3c(n2)N[C@H]2CCN3C2)c1.S.S.S.S. The molecule has 4 N–H and O–H groups in total. The molecule has 0 aliphatic carbocycles. The van der Waals surface area contributed by atoms with Crippen molar-refractivity contribution in [3.63, 3.8) is 0 Å². The zero-order chi connectivity index (χ0) is 55.0. The summed E-state index contributed by atoms with van der Waals surface area (Å²) in [5.74, 6) is 1.95. The van der Waals surface area contributed by atoms with E-state index in [-0.39, 0.29) is 78.8 Å². The summed E-state index contributed by atoms with van der Waals surface area (Å²) in [6.45, 7) is 12.5. The number of hydrogen-bond donors (Lipinski definition) is 3. The number of nitrogens with one attached hydrogen (secondary N) is 2. The van der Waals surface area contributed by atoms with Gasteiger partial charge in [0.25, 0.3) is 0 Å². The molecule has 0 radical (unpaired) electrons. The molecule has 6 aliphatic heterocycles. The van der Waals surface area contributed by atoms with Gasteiger partial charge in [0.05, 0.1) is 53.1 Å². The fraction of sp³-hybridized carbons (Fsp3) is 0.400. The number of carbonyl (C=O) groups excluding carboxylic acids is 1. The van der Waals surface area contributed by atoms with Gasteiger partial charge in [-0.25, -0.2) is 24.7 Å². The van der Waals surface area contributed by atoms with Crippen LogP contribution in [0.3, 0.4) is 0 Å². The number of anilines is 6. The number of hydrogen-bond acceptors (Lipinski definition) is 15. The summed E-state index contributed by atoms with van der Waals surface area (Å²) in [6, 6.07) is 24.1. The van der Waals surface area contributed by atoms with Gasteiger partial charge in [-0.2, -0.15) is 80.3 Å². The van der Waals surface area contributed by atoms with E-state index >= 15 is 0 Å². The molecule has 12 rings (SSSR count). The second kappa shape index (κ2) is 26.7. The Kier molecular flexibility index (Phi) is 21.2. The first-order chi connectivity index (χ1) is 37.1. The number of pyridine rings is 4. The molecule has 0 spiro atoms. The Morgan fingerprint density at radius 2 is 1.22 bits per heavy atom. The third-order valence-corrected chi connectivity index (χ3v) is 13.6. The van der Waals surface area contributed by atoms with Crippen molar-refractivity contribution in [2.45, 2.75) is 88.8 Å². The van der Waals surface area contributed by atoms with Crippen molar-refractivity contribution >= 4 is 94.7 Å². The maximum atomic E-state index is 13.6. The van der Waals surface area contributed by atoms with Crippen LogP contribution in [0.15, 0.2) is 109 Å². The highest BCUT2D eigenvalue weighted by Gasteiger charge is 2.41. The summed E-state index contributed by atoms with van der Waals surface area (Å²) in [5, 5.41) is 6.21. The molecule has 4 saturated heterocycles. The summed E-state index contributed by atoms with van der Waals surface area (Å²) in [5.41, 5.74) is 7.62. The summed E-state index contributed by atoms with van der Waals surface area (Å²) in [7, 11) is 0. The Morgan fingerprint density at radius 3 is 1.78 bits per heavy atom. The molecule has 0 saturated carbocycles. The molecule has 2 aromatic carbocycles. The van der Waals surface area contributed by atoms with E-state index in [0.29, 0.717) is 83.9 Å². The number of halogens is 6. The molecule has 444 valence electrons. The summed E-state index contributed by atoms with van der Waals surface area (Å²) >= 11 is 0. The molecule has 4 aromatic heterocycles. The first-order valence-corrected chi connectivity index (χ1v) is 25.4. The number of fused-ring (bicyclic) bond motifs is 8. The van der Waals surface area contributed by atoms with Crippen molar-refractivity contribution in [1.29, 1.82) is 0 Å². The molecule has 4 fully saturated rings. The van der Waals surface area contributed by atoms with Gasteiger partial charge in [-0.3, -0.25) is 10.2 Å². The van der Waals surface area contributed by atoms with E-state index in [1.54, 1.807) is 59.6 Å². The van der Waals surface area contributed by atoms with Crippen LogP contribution in [0, 0.1) is 0 Å². The first kappa shape index (κ1) is 65.1. The minimum Gasteiger partial charge on any atom is -0.491 e. The molecular formula is C55H66F6N10O7S4. The van der Waals surface area contributed by atoms with E-state index in [2.05, 4.69) is 40.4 Å². The number of rotatable bonds is 9. The topological polar surface area (TPSA) is 184 Å². The summed E-state index contributed by atoms with van der Waals surface area (Å²) < 4.78 is 112. The van der Waals surface area contributed by atoms with Gasteiger partial charge in [-0.15, -0.1) is 0 Å². The normalized spacial score (nSPS) is 20.2. The van der Waals surface area contributed by atoms with Crippen LogP contribution < -0.4 is 40.5 Å². The van der Waals surface area contributed by atoms with Crippen LogP contribution in [-0.2, 0) is 31.3 Å². The van der Waals surface area contributed by atoms with Crippen LogP contribution in [-0.4, -0.2) is 114 Å². The average Bonchev–Trinajstić information content (AvgIpc) is 4.34. The predicted octanol–water partition coefficient (Wildman–Crippen LogP) is 10.7. The van der Waals surface area contributed by atoms with Crippen LogP contribution >= 0.6 is 54.0 Å². The first-order valence-electron chi connectivity index (χ1n) is 25.4. The lowest BCUT2D eigenvalue weighted by Gasteiger charge is -2.35. The lowest BCUT2D eigenvalue weighted by atomic mass is 10.1.